The predicted molar refractivity (Wildman–Crippen MR) is 92.9 cm³/mol. The van der Waals surface area contributed by atoms with Crippen molar-refractivity contribution in [3.05, 3.63) is 62.5 Å². The Labute approximate surface area is 150 Å². The van der Waals surface area contributed by atoms with Crippen LogP contribution in [0.1, 0.15) is 11.3 Å². The van der Waals surface area contributed by atoms with Crippen LogP contribution in [0.5, 0.6) is 0 Å². The molecule has 2 aromatic rings. The van der Waals surface area contributed by atoms with Crippen molar-refractivity contribution in [1.82, 2.24) is 0 Å². The van der Waals surface area contributed by atoms with Crippen LogP contribution >= 0.6 is 15.9 Å². The number of hydrogen-bond acceptors (Lipinski definition) is 6. The molecule has 0 saturated heterocycles. The highest BCUT2D eigenvalue weighted by atomic mass is 79.9. The van der Waals surface area contributed by atoms with Gasteiger partial charge in [-0.25, -0.2) is 4.79 Å². The summed E-state index contributed by atoms with van der Waals surface area (Å²) >= 11 is 3.13. The number of halogens is 1. The minimum atomic E-state index is -0.724. The average Bonchev–Trinajstić information content (AvgIpc) is 2.98. The molecule has 0 aliphatic rings. The summed E-state index contributed by atoms with van der Waals surface area (Å²) in [4.78, 5) is 33.6. The van der Waals surface area contributed by atoms with Crippen LogP contribution in [0.25, 0.3) is 6.08 Å². The topological polar surface area (TPSA) is 112 Å². The lowest BCUT2D eigenvalue weighted by Gasteiger charge is -2.08. The molecule has 9 heteroatoms. The van der Waals surface area contributed by atoms with Gasteiger partial charge in [-0.2, -0.15) is 0 Å². The molecule has 0 atom stereocenters. The van der Waals surface area contributed by atoms with Gasteiger partial charge in [0, 0.05) is 18.2 Å². The first-order chi connectivity index (χ1) is 11.8. The highest BCUT2D eigenvalue weighted by Gasteiger charge is 2.12. The number of amides is 1. The molecule has 0 aliphatic heterocycles. The third-order valence-corrected chi connectivity index (χ3v) is 3.46. The fourth-order valence-electron chi connectivity index (χ4n) is 1.80. The molecule has 0 saturated carbocycles. The van der Waals surface area contributed by atoms with Gasteiger partial charge in [-0.05, 0) is 46.6 Å². The van der Waals surface area contributed by atoms with Crippen LogP contribution in [0, 0.1) is 17.0 Å². The molecule has 1 aromatic carbocycles. The van der Waals surface area contributed by atoms with Crippen LogP contribution in [0.4, 0.5) is 11.4 Å². The molecule has 0 spiro atoms. The van der Waals surface area contributed by atoms with Crippen molar-refractivity contribution in [3.8, 4) is 0 Å². The monoisotopic (exact) mass is 408 g/mol. The number of nitrogens with zero attached hydrogens (tertiary/aromatic N) is 1. The fraction of sp³-hybridized carbons (Fsp3) is 0.125. The second kappa shape index (κ2) is 8.25. The Bertz CT molecular complexity index is 843. The maximum absolute atomic E-state index is 11.8. The van der Waals surface area contributed by atoms with Crippen molar-refractivity contribution in [2.45, 2.75) is 6.92 Å². The molecule has 0 aliphatic carbocycles. The lowest BCUT2D eigenvalue weighted by atomic mass is 10.2. The predicted octanol–water partition coefficient (Wildman–Crippen LogP) is 3.45. The Morgan fingerprint density at radius 2 is 2.12 bits per heavy atom. The number of esters is 1. The first kappa shape index (κ1) is 18.4. The molecule has 1 aromatic heterocycles. The van der Waals surface area contributed by atoms with Crippen LogP contribution in [0.15, 0.2) is 45.5 Å². The molecule has 25 heavy (non-hydrogen) atoms. The van der Waals surface area contributed by atoms with Gasteiger partial charge in [-0.1, -0.05) is 6.07 Å². The number of nitro benzene ring substituents is 1. The summed E-state index contributed by atoms with van der Waals surface area (Å²) in [6.45, 7) is 1.17. The van der Waals surface area contributed by atoms with E-state index in [0.29, 0.717) is 16.0 Å². The lowest BCUT2D eigenvalue weighted by Crippen LogP contribution is -2.20. The maximum Gasteiger partial charge on any atom is 0.331 e. The summed E-state index contributed by atoms with van der Waals surface area (Å²) in [6.07, 6.45) is 2.52. The van der Waals surface area contributed by atoms with Gasteiger partial charge in [-0.3, -0.25) is 14.9 Å². The van der Waals surface area contributed by atoms with Crippen molar-refractivity contribution in [2.24, 2.45) is 0 Å². The summed E-state index contributed by atoms with van der Waals surface area (Å²) in [6, 6.07) is 7.40. The van der Waals surface area contributed by atoms with Gasteiger partial charge in [0.1, 0.15) is 5.76 Å². The quantitative estimate of drug-likeness (QED) is 0.339. The first-order valence-corrected chi connectivity index (χ1v) is 7.79. The van der Waals surface area contributed by atoms with Crippen molar-refractivity contribution in [2.75, 3.05) is 11.9 Å². The third kappa shape index (κ3) is 5.57. The fourth-order valence-corrected chi connectivity index (χ4v) is 2.12. The molecule has 0 radical (unpaired) electrons. The molecule has 0 fully saturated rings. The minimum Gasteiger partial charge on any atom is -0.452 e. The number of benzene rings is 1. The molecule has 1 amide bonds. The van der Waals surface area contributed by atoms with Gasteiger partial charge >= 0.3 is 5.97 Å². The van der Waals surface area contributed by atoms with Gasteiger partial charge < -0.3 is 14.5 Å². The number of rotatable bonds is 6. The SMILES string of the molecule is Cc1ccc([N+](=O)[O-])cc1NC(=O)COC(=O)/C=C/c1ccc(Br)o1. The Morgan fingerprint density at radius 3 is 2.76 bits per heavy atom. The van der Waals surface area contributed by atoms with E-state index in [-0.39, 0.29) is 11.4 Å². The highest BCUT2D eigenvalue weighted by molar-refractivity contribution is 9.10. The van der Waals surface area contributed by atoms with E-state index in [0.717, 1.165) is 6.08 Å². The van der Waals surface area contributed by atoms with E-state index in [1.54, 1.807) is 19.1 Å². The van der Waals surface area contributed by atoms with E-state index in [4.69, 9.17) is 9.15 Å². The van der Waals surface area contributed by atoms with E-state index < -0.39 is 23.4 Å². The summed E-state index contributed by atoms with van der Waals surface area (Å²) < 4.78 is 10.5. The summed E-state index contributed by atoms with van der Waals surface area (Å²) in [5, 5.41) is 13.2. The number of nitrogens with one attached hydrogen (secondary N) is 1. The minimum absolute atomic E-state index is 0.148. The molecule has 1 N–H and O–H groups in total. The van der Waals surface area contributed by atoms with E-state index in [2.05, 4.69) is 21.2 Å². The Balaban J connectivity index is 1.88. The van der Waals surface area contributed by atoms with Crippen molar-refractivity contribution < 1.29 is 23.7 Å². The van der Waals surface area contributed by atoms with Gasteiger partial charge in [-0.15, -0.1) is 0 Å². The standard InChI is InChI=1S/C16H13BrN2O6/c1-10-2-3-11(19(22)23)8-13(10)18-15(20)9-24-16(21)7-5-12-4-6-14(17)25-12/h2-8H,9H2,1H3,(H,18,20)/b7-5+. The average molecular weight is 409 g/mol. The number of hydrogen-bond donors (Lipinski definition) is 1. The molecule has 1 heterocycles. The number of anilines is 1. The van der Waals surface area contributed by atoms with Gasteiger partial charge in [0.15, 0.2) is 11.3 Å². The Kier molecular flexibility index (Phi) is 6.07. The second-order valence-electron chi connectivity index (χ2n) is 4.89. The number of non-ortho nitro benzene ring substituents is 1. The van der Waals surface area contributed by atoms with Crippen molar-refractivity contribution in [1.29, 1.82) is 0 Å². The van der Waals surface area contributed by atoms with Gasteiger partial charge in [0.2, 0.25) is 0 Å². The number of carbonyl (C=O) groups excluding carboxylic acids is 2. The molecular formula is C16H13BrN2O6. The van der Waals surface area contributed by atoms with Crippen LogP contribution in [-0.2, 0) is 14.3 Å². The smallest absolute Gasteiger partial charge is 0.331 e. The van der Waals surface area contributed by atoms with E-state index in [9.17, 15) is 19.7 Å². The largest absolute Gasteiger partial charge is 0.452 e. The zero-order chi connectivity index (χ0) is 18.4. The van der Waals surface area contributed by atoms with E-state index in [1.165, 1.54) is 24.3 Å². The normalized spacial score (nSPS) is 10.6. The third-order valence-electron chi connectivity index (χ3n) is 3.03. The molecular weight excluding hydrogens is 396 g/mol. The Morgan fingerprint density at radius 1 is 1.36 bits per heavy atom. The maximum atomic E-state index is 11.8. The van der Waals surface area contributed by atoms with E-state index in [1.807, 2.05) is 0 Å². The lowest BCUT2D eigenvalue weighted by molar-refractivity contribution is -0.384. The molecule has 0 unspecified atom stereocenters. The molecule has 2 rings (SSSR count). The highest BCUT2D eigenvalue weighted by Crippen LogP contribution is 2.21. The molecule has 0 bridgehead atoms. The van der Waals surface area contributed by atoms with Crippen molar-refractivity contribution >= 4 is 45.3 Å². The van der Waals surface area contributed by atoms with Crippen LogP contribution in [0.3, 0.4) is 0 Å². The Hall–Kier alpha value is -2.94. The molecule has 8 nitrogen and oxygen atoms in total. The number of carbonyl (C=O) groups is 2. The van der Waals surface area contributed by atoms with Crippen molar-refractivity contribution in [3.63, 3.8) is 0 Å². The first-order valence-electron chi connectivity index (χ1n) is 7.00. The number of furan rings is 1. The number of aryl methyl sites for hydroxylation is 1. The number of ether oxygens (including phenoxy) is 1. The summed E-state index contributed by atoms with van der Waals surface area (Å²) in [5.74, 6) is -0.884. The van der Waals surface area contributed by atoms with Crippen LogP contribution in [-0.4, -0.2) is 23.4 Å². The second-order valence-corrected chi connectivity index (χ2v) is 5.67. The molecule has 130 valence electrons. The van der Waals surface area contributed by atoms with Crippen LogP contribution in [0.2, 0.25) is 0 Å². The van der Waals surface area contributed by atoms with Gasteiger partial charge in [0.25, 0.3) is 11.6 Å². The van der Waals surface area contributed by atoms with Crippen LogP contribution < -0.4 is 5.32 Å². The number of nitro groups is 1. The van der Waals surface area contributed by atoms with Gasteiger partial charge in [0.05, 0.1) is 10.6 Å². The zero-order valence-corrected chi connectivity index (χ0v) is 14.6. The summed E-state index contributed by atoms with van der Waals surface area (Å²) in [5.41, 5.74) is 0.783. The zero-order valence-electron chi connectivity index (χ0n) is 13.0. The van der Waals surface area contributed by atoms with E-state index >= 15 is 0 Å². The summed E-state index contributed by atoms with van der Waals surface area (Å²) in [7, 11) is 0.